The Hall–Kier alpha value is -0.750. The summed E-state index contributed by atoms with van der Waals surface area (Å²) in [5.41, 5.74) is 6.11. The minimum absolute atomic E-state index is 0.177. The van der Waals surface area contributed by atoms with Crippen LogP contribution in [0.2, 0.25) is 15.1 Å². The summed E-state index contributed by atoms with van der Waals surface area (Å²) < 4.78 is 1.75. The number of rotatable bonds is 1. The topological polar surface area (TPSA) is 59.6 Å². The van der Waals surface area contributed by atoms with Crippen molar-refractivity contribution in [3.8, 4) is 5.69 Å². The van der Waals surface area contributed by atoms with Gasteiger partial charge in [0.25, 0.3) is 0 Å². The lowest BCUT2D eigenvalue weighted by atomic mass is 10.3. The molecule has 0 fully saturated rings. The number of nitrogens with one attached hydrogen (secondary N) is 1. The van der Waals surface area contributed by atoms with Gasteiger partial charge in [-0.1, -0.05) is 34.8 Å². The third-order valence-corrected chi connectivity index (χ3v) is 2.97. The predicted molar refractivity (Wildman–Crippen MR) is 68.2 cm³/mol. The number of anilines is 1. The second-order valence-electron chi connectivity index (χ2n) is 2.94. The highest BCUT2D eigenvalue weighted by molar-refractivity contribution is 7.71. The molecule has 1 heterocycles. The molecule has 1 aromatic heterocycles. The van der Waals surface area contributed by atoms with Crippen molar-refractivity contribution in [1.82, 2.24) is 14.8 Å². The van der Waals surface area contributed by atoms with Crippen molar-refractivity contribution in [2.45, 2.75) is 0 Å². The zero-order valence-corrected chi connectivity index (χ0v) is 10.8. The average Bonchev–Trinajstić information content (AvgIpc) is 2.47. The maximum absolute atomic E-state index is 6.04. The number of aromatic nitrogens is 3. The van der Waals surface area contributed by atoms with Gasteiger partial charge < -0.3 is 5.73 Å². The highest BCUT2D eigenvalue weighted by atomic mass is 35.5. The summed E-state index contributed by atoms with van der Waals surface area (Å²) in [4.78, 5) is 0. The summed E-state index contributed by atoms with van der Waals surface area (Å²) in [6.07, 6.45) is 0. The highest BCUT2D eigenvalue weighted by Crippen LogP contribution is 2.33. The minimum atomic E-state index is 0.177. The van der Waals surface area contributed by atoms with Gasteiger partial charge in [-0.25, -0.2) is 5.10 Å². The minimum Gasteiger partial charge on any atom is -0.368 e. The Morgan fingerprint density at radius 2 is 1.81 bits per heavy atom. The maximum atomic E-state index is 6.04. The third kappa shape index (κ3) is 1.91. The molecule has 0 aliphatic rings. The normalized spacial score (nSPS) is 10.7. The lowest BCUT2D eigenvalue weighted by Gasteiger charge is -2.09. The number of benzene rings is 1. The summed E-state index contributed by atoms with van der Waals surface area (Å²) in [7, 11) is 0. The van der Waals surface area contributed by atoms with Crippen LogP contribution in [0.5, 0.6) is 0 Å². The molecule has 0 radical (unpaired) electrons. The molecule has 2 rings (SSSR count). The highest BCUT2D eigenvalue weighted by Gasteiger charge is 2.13. The Bertz CT molecular complexity index is 581. The van der Waals surface area contributed by atoms with Gasteiger partial charge in [0, 0.05) is 5.02 Å². The molecule has 0 spiro atoms. The van der Waals surface area contributed by atoms with Gasteiger partial charge in [0.2, 0.25) is 10.7 Å². The standard InChI is InChI=1S/C8H5Cl3N4S/c9-3-1-4(10)6(5(11)2-3)15-7(12)13-14-8(15)16/h1-2H,(H2,12,13)(H,14,16). The van der Waals surface area contributed by atoms with Crippen molar-refractivity contribution in [3.05, 3.63) is 32.0 Å². The van der Waals surface area contributed by atoms with Crippen LogP contribution < -0.4 is 5.73 Å². The second-order valence-corrected chi connectivity index (χ2v) is 4.58. The quantitative estimate of drug-likeness (QED) is 0.792. The molecular formula is C8H5Cl3N4S. The van der Waals surface area contributed by atoms with Gasteiger partial charge in [-0.2, -0.15) is 0 Å². The fraction of sp³-hybridized carbons (Fsp3) is 0. The van der Waals surface area contributed by atoms with E-state index >= 15 is 0 Å². The smallest absolute Gasteiger partial charge is 0.225 e. The zero-order chi connectivity index (χ0) is 11.9. The SMILES string of the molecule is Nc1n[nH]c(=S)n1-c1c(Cl)cc(Cl)cc1Cl. The van der Waals surface area contributed by atoms with Crippen LogP contribution >= 0.6 is 47.0 Å². The van der Waals surface area contributed by atoms with Crippen LogP contribution in [0.4, 0.5) is 5.95 Å². The van der Waals surface area contributed by atoms with E-state index in [1.807, 2.05) is 0 Å². The number of halogens is 3. The Balaban J connectivity index is 2.79. The van der Waals surface area contributed by atoms with Crippen molar-refractivity contribution in [2.75, 3.05) is 5.73 Å². The number of nitrogens with zero attached hydrogens (tertiary/aromatic N) is 2. The summed E-state index contributed by atoms with van der Waals surface area (Å²) >= 11 is 22.9. The van der Waals surface area contributed by atoms with Gasteiger partial charge in [-0.3, -0.25) is 4.57 Å². The molecule has 1 aromatic carbocycles. The van der Waals surface area contributed by atoms with E-state index < -0.39 is 0 Å². The summed E-state index contributed by atoms with van der Waals surface area (Å²) in [5.74, 6) is 0.177. The second kappa shape index (κ2) is 4.25. The number of H-pyrrole nitrogens is 1. The maximum Gasteiger partial charge on any atom is 0.225 e. The number of nitrogen functional groups attached to an aromatic ring is 1. The molecule has 0 saturated carbocycles. The van der Waals surface area contributed by atoms with E-state index in [0.717, 1.165) is 0 Å². The largest absolute Gasteiger partial charge is 0.368 e. The number of nitrogens with two attached hydrogens (primary N) is 1. The van der Waals surface area contributed by atoms with Crippen LogP contribution in [0.15, 0.2) is 12.1 Å². The summed E-state index contributed by atoms with van der Waals surface area (Å²) in [6.45, 7) is 0. The van der Waals surface area contributed by atoms with E-state index in [9.17, 15) is 0 Å². The monoisotopic (exact) mass is 294 g/mol. The molecule has 0 atom stereocenters. The molecule has 0 aliphatic carbocycles. The van der Waals surface area contributed by atoms with Gasteiger partial charge in [0.1, 0.15) is 0 Å². The van der Waals surface area contributed by atoms with Crippen molar-refractivity contribution in [1.29, 1.82) is 0 Å². The molecule has 0 bridgehead atoms. The first-order valence-corrected chi connectivity index (χ1v) is 5.62. The van der Waals surface area contributed by atoms with E-state index in [0.29, 0.717) is 25.5 Å². The summed E-state index contributed by atoms with van der Waals surface area (Å²) in [5, 5.41) is 7.45. The van der Waals surface area contributed by atoms with E-state index in [2.05, 4.69) is 10.2 Å². The van der Waals surface area contributed by atoms with Crippen LogP contribution in [-0.4, -0.2) is 14.8 Å². The molecule has 8 heteroatoms. The lowest BCUT2D eigenvalue weighted by Crippen LogP contribution is -2.02. The Morgan fingerprint density at radius 1 is 1.25 bits per heavy atom. The van der Waals surface area contributed by atoms with Gasteiger partial charge in [0.05, 0.1) is 15.7 Å². The molecular weight excluding hydrogens is 291 g/mol. The van der Waals surface area contributed by atoms with Crippen LogP contribution in [0.25, 0.3) is 5.69 Å². The van der Waals surface area contributed by atoms with Gasteiger partial charge >= 0.3 is 0 Å². The lowest BCUT2D eigenvalue weighted by molar-refractivity contribution is 1.04. The number of hydrogen-bond donors (Lipinski definition) is 2. The van der Waals surface area contributed by atoms with E-state index in [1.165, 1.54) is 4.57 Å². The van der Waals surface area contributed by atoms with Crippen LogP contribution in [0.3, 0.4) is 0 Å². The molecule has 16 heavy (non-hydrogen) atoms. The molecule has 84 valence electrons. The fourth-order valence-electron chi connectivity index (χ4n) is 1.27. The molecule has 0 amide bonds. The molecule has 0 saturated heterocycles. The third-order valence-electron chi connectivity index (χ3n) is 1.90. The first-order valence-electron chi connectivity index (χ1n) is 4.08. The number of aromatic amines is 1. The van der Waals surface area contributed by atoms with Crippen molar-refractivity contribution in [2.24, 2.45) is 0 Å². The van der Waals surface area contributed by atoms with Crippen LogP contribution in [-0.2, 0) is 0 Å². The molecule has 3 N–H and O–H groups in total. The first-order chi connectivity index (χ1) is 7.50. The van der Waals surface area contributed by atoms with Gasteiger partial charge in [-0.15, -0.1) is 5.10 Å². The van der Waals surface area contributed by atoms with Gasteiger partial charge in [-0.05, 0) is 24.4 Å². The molecule has 2 aromatic rings. The van der Waals surface area contributed by atoms with E-state index in [-0.39, 0.29) is 5.95 Å². The van der Waals surface area contributed by atoms with Crippen molar-refractivity contribution in [3.63, 3.8) is 0 Å². The molecule has 0 aliphatic heterocycles. The molecule has 0 unspecified atom stereocenters. The average molecular weight is 296 g/mol. The molecule has 4 nitrogen and oxygen atoms in total. The van der Waals surface area contributed by atoms with Crippen molar-refractivity contribution >= 4 is 53.0 Å². The zero-order valence-electron chi connectivity index (χ0n) is 7.67. The van der Waals surface area contributed by atoms with Crippen molar-refractivity contribution < 1.29 is 0 Å². The Kier molecular flexibility index (Phi) is 3.12. The first kappa shape index (κ1) is 11.7. The predicted octanol–water partition coefficient (Wildman–Crippen LogP) is 3.47. The summed E-state index contributed by atoms with van der Waals surface area (Å²) in [6, 6.07) is 3.11. The van der Waals surface area contributed by atoms with E-state index in [1.54, 1.807) is 12.1 Å². The van der Waals surface area contributed by atoms with Crippen LogP contribution in [0.1, 0.15) is 0 Å². The Labute approximate surface area is 111 Å². The fourth-order valence-corrected chi connectivity index (χ4v) is 2.49. The van der Waals surface area contributed by atoms with Crippen LogP contribution in [0, 0.1) is 4.77 Å². The van der Waals surface area contributed by atoms with Gasteiger partial charge in [0.15, 0.2) is 0 Å². The number of hydrogen-bond acceptors (Lipinski definition) is 3. The van der Waals surface area contributed by atoms with E-state index in [4.69, 9.17) is 52.8 Å². The Morgan fingerprint density at radius 3 is 2.25 bits per heavy atom.